The van der Waals surface area contributed by atoms with Gasteiger partial charge < -0.3 is 4.90 Å². The minimum absolute atomic E-state index is 0.0305. The summed E-state index contributed by atoms with van der Waals surface area (Å²) in [5.74, 6) is 0.901. The molecule has 1 aromatic carbocycles. The summed E-state index contributed by atoms with van der Waals surface area (Å²) in [4.78, 5) is 33.2. The fourth-order valence-electron chi connectivity index (χ4n) is 2.91. The number of aromatic nitrogens is 6. The van der Waals surface area contributed by atoms with E-state index in [2.05, 4.69) is 37.6 Å². The minimum atomic E-state index is -0.407. The molecule has 138 valence electrons. The summed E-state index contributed by atoms with van der Waals surface area (Å²) in [7, 11) is 0. The van der Waals surface area contributed by atoms with Crippen LogP contribution in [0.4, 0.5) is 4.79 Å². The zero-order valence-electron chi connectivity index (χ0n) is 14.5. The third-order valence-corrected chi connectivity index (χ3v) is 4.22. The predicted octanol–water partition coefficient (Wildman–Crippen LogP) is 0.212. The standard InChI is InChI=1S/C17H18N8O2/c26-16-10-23(17(27)21-16)9-15-20-14(8-24-12-18-11-19-24)22-25(15)7-6-13-4-2-1-3-5-13/h1-5,11-12H,6-10H2,(H,21,26,27). The normalized spacial score (nSPS) is 14.0. The summed E-state index contributed by atoms with van der Waals surface area (Å²) in [5.41, 5.74) is 1.19. The van der Waals surface area contributed by atoms with Crippen LogP contribution in [0, 0.1) is 0 Å². The number of amides is 3. The second kappa shape index (κ2) is 7.36. The number of rotatable bonds is 7. The van der Waals surface area contributed by atoms with E-state index in [0.29, 0.717) is 24.7 Å². The van der Waals surface area contributed by atoms with E-state index in [1.807, 2.05) is 18.2 Å². The first kappa shape index (κ1) is 16.9. The van der Waals surface area contributed by atoms with Gasteiger partial charge in [0, 0.05) is 6.54 Å². The summed E-state index contributed by atoms with van der Waals surface area (Å²) in [5, 5.41) is 10.9. The Morgan fingerprint density at radius 1 is 1.11 bits per heavy atom. The van der Waals surface area contributed by atoms with E-state index in [9.17, 15) is 9.59 Å². The van der Waals surface area contributed by atoms with Crippen molar-refractivity contribution < 1.29 is 9.59 Å². The van der Waals surface area contributed by atoms with Gasteiger partial charge in [-0.2, -0.15) is 10.2 Å². The van der Waals surface area contributed by atoms with Crippen LogP contribution < -0.4 is 5.32 Å². The van der Waals surface area contributed by atoms with Crippen LogP contribution in [-0.4, -0.2) is 52.9 Å². The molecule has 0 radical (unpaired) electrons. The lowest BCUT2D eigenvalue weighted by molar-refractivity contribution is -0.118. The first-order valence-corrected chi connectivity index (χ1v) is 8.55. The lowest BCUT2D eigenvalue weighted by Crippen LogP contribution is -2.29. The molecule has 0 spiro atoms. The molecule has 0 atom stereocenters. The smallest absolute Gasteiger partial charge is 0.308 e. The van der Waals surface area contributed by atoms with Crippen molar-refractivity contribution in [3.63, 3.8) is 0 Å². The summed E-state index contributed by atoms with van der Waals surface area (Å²) in [6.45, 7) is 1.25. The van der Waals surface area contributed by atoms with Crippen LogP contribution in [0.3, 0.4) is 0 Å². The van der Waals surface area contributed by atoms with Gasteiger partial charge in [0.25, 0.3) is 0 Å². The Morgan fingerprint density at radius 3 is 2.67 bits per heavy atom. The Labute approximate surface area is 154 Å². The molecule has 0 bridgehead atoms. The van der Waals surface area contributed by atoms with Crippen LogP contribution in [0.2, 0.25) is 0 Å². The van der Waals surface area contributed by atoms with Crippen molar-refractivity contribution in [3.8, 4) is 0 Å². The quantitative estimate of drug-likeness (QED) is 0.599. The third-order valence-electron chi connectivity index (χ3n) is 4.22. The largest absolute Gasteiger partial charge is 0.324 e. The topological polar surface area (TPSA) is 111 Å². The maximum atomic E-state index is 11.9. The Hall–Kier alpha value is -3.56. The lowest BCUT2D eigenvalue weighted by atomic mass is 10.1. The monoisotopic (exact) mass is 366 g/mol. The number of hydrogen-bond acceptors (Lipinski definition) is 6. The van der Waals surface area contributed by atoms with Gasteiger partial charge in [-0.3, -0.25) is 10.1 Å². The van der Waals surface area contributed by atoms with Crippen molar-refractivity contribution in [1.29, 1.82) is 0 Å². The van der Waals surface area contributed by atoms with E-state index in [1.165, 1.54) is 16.8 Å². The molecule has 1 aliphatic rings. The fraction of sp³-hybridized carbons (Fsp3) is 0.294. The van der Waals surface area contributed by atoms with E-state index in [-0.39, 0.29) is 19.0 Å². The third kappa shape index (κ3) is 4.00. The fourth-order valence-corrected chi connectivity index (χ4v) is 2.91. The molecule has 4 rings (SSSR count). The number of nitrogens with zero attached hydrogens (tertiary/aromatic N) is 7. The average Bonchev–Trinajstić information content (AvgIpc) is 3.37. The molecule has 0 unspecified atom stereocenters. The maximum absolute atomic E-state index is 11.9. The van der Waals surface area contributed by atoms with Gasteiger partial charge in [0.15, 0.2) is 5.82 Å². The van der Waals surface area contributed by atoms with Crippen LogP contribution in [0.15, 0.2) is 43.0 Å². The molecule has 2 aromatic heterocycles. The van der Waals surface area contributed by atoms with Gasteiger partial charge in [0.05, 0.1) is 6.54 Å². The second-order valence-corrected chi connectivity index (χ2v) is 6.21. The highest BCUT2D eigenvalue weighted by Gasteiger charge is 2.28. The highest BCUT2D eigenvalue weighted by Crippen LogP contribution is 2.10. The summed E-state index contributed by atoms with van der Waals surface area (Å²) in [6.07, 6.45) is 3.83. The molecule has 27 heavy (non-hydrogen) atoms. The van der Waals surface area contributed by atoms with Crippen molar-refractivity contribution >= 4 is 11.9 Å². The number of carbonyl (C=O) groups is 2. The molecule has 1 saturated heterocycles. The van der Waals surface area contributed by atoms with Crippen molar-refractivity contribution in [3.05, 3.63) is 60.2 Å². The molecule has 10 nitrogen and oxygen atoms in total. The summed E-state index contributed by atoms with van der Waals surface area (Å²) >= 11 is 0. The number of hydrogen-bond donors (Lipinski definition) is 1. The molecule has 0 aliphatic carbocycles. The Balaban J connectivity index is 1.53. The first-order chi connectivity index (χ1) is 13.2. The van der Waals surface area contributed by atoms with E-state index in [0.717, 1.165) is 6.42 Å². The lowest BCUT2D eigenvalue weighted by Gasteiger charge is -2.13. The van der Waals surface area contributed by atoms with Crippen molar-refractivity contribution in [2.75, 3.05) is 6.54 Å². The van der Waals surface area contributed by atoms with E-state index < -0.39 is 6.03 Å². The van der Waals surface area contributed by atoms with Gasteiger partial charge >= 0.3 is 6.03 Å². The molecule has 3 aromatic rings. The Bertz CT molecular complexity index is 935. The van der Waals surface area contributed by atoms with Crippen LogP contribution in [-0.2, 0) is 30.8 Å². The number of urea groups is 1. The number of nitrogens with one attached hydrogen (secondary N) is 1. The van der Waals surface area contributed by atoms with E-state index >= 15 is 0 Å². The number of carbonyl (C=O) groups excluding carboxylic acids is 2. The van der Waals surface area contributed by atoms with Crippen LogP contribution in [0.25, 0.3) is 0 Å². The van der Waals surface area contributed by atoms with Gasteiger partial charge in [0.2, 0.25) is 5.91 Å². The van der Waals surface area contributed by atoms with Crippen molar-refractivity contribution in [2.45, 2.75) is 26.1 Å². The highest BCUT2D eigenvalue weighted by molar-refractivity contribution is 6.01. The molecule has 1 aliphatic heterocycles. The molecule has 3 amide bonds. The molecule has 1 fully saturated rings. The molecular formula is C17H18N8O2. The van der Waals surface area contributed by atoms with Gasteiger partial charge in [-0.25, -0.2) is 24.1 Å². The van der Waals surface area contributed by atoms with Gasteiger partial charge in [-0.05, 0) is 12.0 Å². The molecule has 0 saturated carbocycles. The van der Waals surface area contributed by atoms with Gasteiger partial charge in [0.1, 0.15) is 31.6 Å². The second-order valence-electron chi connectivity index (χ2n) is 6.21. The first-order valence-electron chi connectivity index (χ1n) is 8.55. The maximum Gasteiger partial charge on any atom is 0.324 e. The van der Waals surface area contributed by atoms with Crippen molar-refractivity contribution in [1.82, 2.24) is 39.7 Å². The predicted molar refractivity (Wildman–Crippen MR) is 93.2 cm³/mol. The number of benzene rings is 1. The minimum Gasteiger partial charge on any atom is -0.308 e. The summed E-state index contributed by atoms with van der Waals surface area (Å²) in [6, 6.07) is 9.67. The number of imide groups is 1. The zero-order valence-corrected chi connectivity index (χ0v) is 14.5. The van der Waals surface area contributed by atoms with Crippen LogP contribution in [0.1, 0.15) is 17.2 Å². The van der Waals surface area contributed by atoms with Gasteiger partial charge in [-0.1, -0.05) is 30.3 Å². The Morgan fingerprint density at radius 2 is 1.96 bits per heavy atom. The van der Waals surface area contributed by atoms with E-state index in [1.54, 1.807) is 15.7 Å². The summed E-state index contributed by atoms with van der Waals surface area (Å²) < 4.78 is 3.42. The highest BCUT2D eigenvalue weighted by atomic mass is 16.2. The van der Waals surface area contributed by atoms with Gasteiger partial charge in [-0.15, -0.1) is 0 Å². The Kier molecular flexibility index (Phi) is 4.60. The van der Waals surface area contributed by atoms with Crippen molar-refractivity contribution in [2.24, 2.45) is 0 Å². The average molecular weight is 366 g/mol. The molecular weight excluding hydrogens is 348 g/mol. The zero-order chi connectivity index (χ0) is 18.6. The number of aryl methyl sites for hydroxylation is 2. The van der Waals surface area contributed by atoms with Crippen LogP contribution in [0.5, 0.6) is 0 Å². The molecule has 3 heterocycles. The van der Waals surface area contributed by atoms with Crippen LogP contribution >= 0.6 is 0 Å². The van der Waals surface area contributed by atoms with E-state index in [4.69, 9.17) is 0 Å². The SMILES string of the molecule is O=C1CN(Cc2nc(Cn3cncn3)nn2CCc2ccccc2)C(=O)N1. The molecule has 1 N–H and O–H groups in total. The molecule has 10 heteroatoms.